The first-order chi connectivity index (χ1) is 7.52. The van der Waals surface area contributed by atoms with E-state index in [1.165, 1.54) is 0 Å². The van der Waals surface area contributed by atoms with Crippen LogP contribution in [0, 0.1) is 10.1 Å². The SMILES string of the molecule is COc1c(C(F)F)ncc(CO)c1[N+](=O)[O-]. The Balaban J connectivity index is 3.49. The third-order valence-corrected chi connectivity index (χ3v) is 1.88. The van der Waals surface area contributed by atoms with Gasteiger partial charge >= 0.3 is 5.69 Å². The van der Waals surface area contributed by atoms with Crippen LogP contribution in [0.3, 0.4) is 0 Å². The van der Waals surface area contributed by atoms with Crippen LogP contribution in [0.5, 0.6) is 5.75 Å². The molecule has 88 valence electrons. The smallest absolute Gasteiger partial charge is 0.320 e. The van der Waals surface area contributed by atoms with Crippen molar-refractivity contribution in [3.8, 4) is 5.75 Å². The van der Waals surface area contributed by atoms with E-state index in [2.05, 4.69) is 9.72 Å². The first-order valence-corrected chi connectivity index (χ1v) is 4.12. The molecule has 0 aliphatic carbocycles. The minimum Gasteiger partial charge on any atom is -0.489 e. The molecule has 0 atom stereocenters. The Kier molecular flexibility index (Phi) is 3.67. The van der Waals surface area contributed by atoms with Crippen LogP contribution in [0.15, 0.2) is 6.20 Å². The summed E-state index contributed by atoms with van der Waals surface area (Å²) >= 11 is 0. The van der Waals surface area contributed by atoms with Crippen molar-refractivity contribution in [3.63, 3.8) is 0 Å². The molecule has 6 nitrogen and oxygen atoms in total. The van der Waals surface area contributed by atoms with Crippen LogP contribution in [0.25, 0.3) is 0 Å². The van der Waals surface area contributed by atoms with E-state index < -0.39 is 35.1 Å². The number of pyridine rings is 1. The largest absolute Gasteiger partial charge is 0.489 e. The van der Waals surface area contributed by atoms with Crippen LogP contribution in [0.4, 0.5) is 14.5 Å². The van der Waals surface area contributed by atoms with E-state index >= 15 is 0 Å². The maximum Gasteiger partial charge on any atom is 0.320 e. The molecule has 0 bridgehead atoms. The molecule has 1 aromatic heterocycles. The predicted molar refractivity (Wildman–Crippen MR) is 48.3 cm³/mol. The van der Waals surface area contributed by atoms with Crippen molar-refractivity contribution < 1.29 is 23.5 Å². The predicted octanol–water partition coefficient (Wildman–Crippen LogP) is 1.43. The van der Waals surface area contributed by atoms with E-state index in [0.717, 1.165) is 13.3 Å². The second kappa shape index (κ2) is 4.79. The Hall–Kier alpha value is -1.83. The van der Waals surface area contributed by atoms with Gasteiger partial charge in [0.2, 0.25) is 5.75 Å². The summed E-state index contributed by atoms with van der Waals surface area (Å²) < 4.78 is 29.5. The average molecular weight is 234 g/mol. The fourth-order valence-corrected chi connectivity index (χ4v) is 1.21. The lowest BCUT2D eigenvalue weighted by molar-refractivity contribution is -0.387. The zero-order valence-electron chi connectivity index (χ0n) is 8.18. The molecule has 8 heteroatoms. The zero-order chi connectivity index (χ0) is 12.3. The van der Waals surface area contributed by atoms with Gasteiger partial charge in [-0.15, -0.1) is 0 Å². The summed E-state index contributed by atoms with van der Waals surface area (Å²) in [5.41, 5.74) is -1.67. The number of aliphatic hydroxyl groups excluding tert-OH is 1. The Morgan fingerprint density at radius 2 is 2.31 bits per heavy atom. The van der Waals surface area contributed by atoms with Crippen LogP contribution in [0.2, 0.25) is 0 Å². The quantitative estimate of drug-likeness (QED) is 0.629. The normalized spacial score (nSPS) is 10.6. The van der Waals surface area contributed by atoms with Gasteiger partial charge in [0.25, 0.3) is 6.43 Å². The molecule has 0 fully saturated rings. The van der Waals surface area contributed by atoms with Gasteiger partial charge in [-0.05, 0) is 0 Å². The number of hydrogen-bond acceptors (Lipinski definition) is 5. The van der Waals surface area contributed by atoms with Crippen molar-refractivity contribution in [2.24, 2.45) is 0 Å². The van der Waals surface area contributed by atoms with E-state index in [-0.39, 0.29) is 5.56 Å². The first-order valence-electron chi connectivity index (χ1n) is 4.12. The van der Waals surface area contributed by atoms with Crippen molar-refractivity contribution in [2.75, 3.05) is 7.11 Å². The number of methoxy groups -OCH3 is 1. The van der Waals surface area contributed by atoms with E-state index in [1.54, 1.807) is 0 Å². The highest BCUT2D eigenvalue weighted by molar-refractivity contribution is 5.54. The number of aromatic nitrogens is 1. The highest BCUT2D eigenvalue weighted by Gasteiger charge is 2.28. The number of rotatable bonds is 4. The molecule has 0 saturated carbocycles. The molecule has 0 aliphatic heterocycles. The molecule has 1 rings (SSSR count). The van der Waals surface area contributed by atoms with Crippen molar-refractivity contribution in [1.82, 2.24) is 4.98 Å². The minimum atomic E-state index is -2.98. The topological polar surface area (TPSA) is 85.5 Å². The number of nitrogens with zero attached hydrogens (tertiary/aromatic N) is 2. The molecule has 0 aromatic carbocycles. The Bertz CT molecular complexity index is 411. The molecule has 1 aromatic rings. The van der Waals surface area contributed by atoms with Crippen LogP contribution < -0.4 is 4.74 Å². The number of alkyl halides is 2. The van der Waals surface area contributed by atoms with Gasteiger partial charge in [0.15, 0.2) is 5.69 Å². The molecule has 0 unspecified atom stereocenters. The molecule has 1 N–H and O–H groups in total. The lowest BCUT2D eigenvalue weighted by atomic mass is 10.2. The van der Waals surface area contributed by atoms with Gasteiger partial charge in [0, 0.05) is 6.20 Å². The molecule has 0 saturated heterocycles. The molecular formula is C8H8F2N2O4. The van der Waals surface area contributed by atoms with Gasteiger partial charge < -0.3 is 9.84 Å². The van der Waals surface area contributed by atoms with E-state index in [1.807, 2.05) is 0 Å². The number of nitro groups is 1. The fraction of sp³-hybridized carbons (Fsp3) is 0.375. The minimum absolute atomic E-state index is 0.175. The maximum absolute atomic E-state index is 12.5. The lowest BCUT2D eigenvalue weighted by Gasteiger charge is -2.09. The molecule has 0 spiro atoms. The Morgan fingerprint density at radius 3 is 2.69 bits per heavy atom. The van der Waals surface area contributed by atoms with E-state index in [4.69, 9.17) is 5.11 Å². The van der Waals surface area contributed by atoms with Gasteiger partial charge in [-0.2, -0.15) is 0 Å². The van der Waals surface area contributed by atoms with Crippen molar-refractivity contribution in [3.05, 3.63) is 27.6 Å². The van der Waals surface area contributed by atoms with E-state index in [0.29, 0.717) is 0 Å². The second-order valence-corrected chi connectivity index (χ2v) is 2.77. The third-order valence-electron chi connectivity index (χ3n) is 1.88. The monoisotopic (exact) mass is 234 g/mol. The zero-order valence-corrected chi connectivity index (χ0v) is 8.18. The van der Waals surface area contributed by atoms with Gasteiger partial charge in [-0.1, -0.05) is 0 Å². The average Bonchev–Trinajstić information content (AvgIpc) is 2.26. The summed E-state index contributed by atoms with van der Waals surface area (Å²) in [7, 11) is 1.02. The number of hydrogen-bond donors (Lipinski definition) is 1. The number of halogens is 2. The van der Waals surface area contributed by atoms with Crippen LogP contribution in [-0.4, -0.2) is 22.1 Å². The number of ether oxygens (including phenoxy) is 1. The van der Waals surface area contributed by atoms with Gasteiger partial charge in [0.1, 0.15) is 0 Å². The Morgan fingerprint density at radius 1 is 1.69 bits per heavy atom. The third kappa shape index (κ3) is 2.06. The van der Waals surface area contributed by atoms with E-state index in [9.17, 15) is 18.9 Å². The lowest BCUT2D eigenvalue weighted by Crippen LogP contribution is -2.05. The van der Waals surface area contributed by atoms with Crippen LogP contribution in [-0.2, 0) is 6.61 Å². The summed E-state index contributed by atoms with van der Waals surface area (Å²) in [5, 5.41) is 19.5. The fourth-order valence-electron chi connectivity index (χ4n) is 1.21. The van der Waals surface area contributed by atoms with Gasteiger partial charge in [-0.25, -0.2) is 8.78 Å². The Labute approximate surface area is 88.6 Å². The highest BCUT2D eigenvalue weighted by Crippen LogP contribution is 2.37. The highest BCUT2D eigenvalue weighted by atomic mass is 19.3. The van der Waals surface area contributed by atoms with Crippen LogP contribution >= 0.6 is 0 Å². The first kappa shape index (κ1) is 12.2. The second-order valence-electron chi connectivity index (χ2n) is 2.77. The molecule has 0 radical (unpaired) electrons. The van der Waals surface area contributed by atoms with Crippen LogP contribution in [0.1, 0.15) is 17.7 Å². The molecular weight excluding hydrogens is 226 g/mol. The molecule has 16 heavy (non-hydrogen) atoms. The molecule has 1 heterocycles. The van der Waals surface area contributed by atoms with Crippen molar-refractivity contribution in [2.45, 2.75) is 13.0 Å². The summed E-state index contributed by atoms with van der Waals surface area (Å²) in [4.78, 5) is 13.1. The summed E-state index contributed by atoms with van der Waals surface area (Å²) in [6, 6.07) is 0. The summed E-state index contributed by atoms with van der Waals surface area (Å²) in [6.45, 7) is -0.677. The molecule has 0 amide bonds. The summed E-state index contributed by atoms with van der Waals surface area (Å²) in [5.74, 6) is -0.619. The van der Waals surface area contributed by atoms with Crippen molar-refractivity contribution in [1.29, 1.82) is 0 Å². The van der Waals surface area contributed by atoms with Gasteiger partial charge in [-0.3, -0.25) is 15.1 Å². The standard InChI is InChI=1S/C8H8F2N2O4/c1-16-7-5(8(9)10)11-2-4(3-13)6(7)12(14)15/h2,8,13H,3H2,1H3. The molecule has 0 aliphatic rings. The van der Waals surface area contributed by atoms with Crippen molar-refractivity contribution >= 4 is 5.69 Å². The number of aliphatic hydroxyl groups is 1. The maximum atomic E-state index is 12.5. The summed E-state index contributed by atoms with van der Waals surface area (Å²) in [6.07, 6.45) is -2.15. The van der Waals surface area contributed by atoms with Gasteiger partial charge in [0.05, 0.1) is 24.2 Å².